The molecule has 0 saturated carbocycles. The molecule has 3 rings (SSSR count). The second-order valence-corrected chi connectivity index (χ2v) is 5.43. The highest BCUT2D eigenvalue weighted by molar-refractivity contribution is 5.97. The van der Waals surface area contributed by atoms with Crippen molar-refractivity contribution in [3.63, 3.8) is 0 Å². The summed E-state index contributed by atoms with van der Waals surface area (Å²) in [4.78, 5) is 24.2. The molecule has 1 N–H and O–H groups in total. The molecule has 1 heterocycles. The highest BCUT2D eigenvalue weighted by Crippen LogP contribution is 2.18. The van der Waals surface area contributed by atoms with Gasteiger partial charge in [-0.05, 0) is 53.7 Å². The molecule has 0 spiro atoms. The largest absolute Gasteiger partial charge is 0.449 e. The Hall–Kier alpha value is -3.69. The van der Waals surface area contributed by atoms with E-state index in [0.29, 0.717) is 5.69 Å². The Morgan fingerprint density at radius 1 is 1.11 bits per heavy atom. The number of anilines is 1. The van der Waals surface area contributed by atoms with Crippen molar-refractivity contribution in [1.29, 1.82) is 0 Å². The Morgan fingerprint density at radius 3 is 2.37 bits per heavy atom. The first kappa shape index (κ1) is 18.1. The van der Waals surface area contributed by atoms with Gasteiger partial charge in [0, 0.05) is 0 Å². The molecule has 138 valence electrons. The van der Waals surface area contributed by atoms with Gasteiger partial charge in [-0.2, -0.15) is 0 Å². The minimum atomic E-state index is -1.27. The minimum absolute atomic E-state index is 0.184. The van der Waals surface area contributed by atoms with Crippen molar-refractivity contribution >= 4 is 17.6 Å². The molecule has 0 fully saturated rings. The van der Waals surface area contributed by atoms with Crippen LogP contribution in [-0.4, -0.2) is 38.2 Å². The van der Waals surface area contributed by atoms with Gasteiger partial charge in [0.15, 0.2) is 6.10 Å². The maximum atomic E-state index is 13.6. The predicted molar refractivity (Wildman–Crippen MR) is 89.0 cm³/mol. The summed E-state index contributed by atoms with van der Waals surface area (Å²) >= 11 is 0. The number of esters is 1. The van der Waals surface area contributed by atoms with Crippen molar-refractivity contribution in [3.8, 4) is 5.69 Å². The molecule has 3 aromatic rings. The van der Waals surface area contributed by atoms with E-state index in [1.165, 1.54) is 36.1 Å². The van der Waals surface area contributed by atoms with Gasteiger partial charge in [0.05, 0.1) is 11.3 Å². The quantitative estimate of drug-likeness (QED) is 0.688. The van der Waals surface area contributed by atoms with Crippen LogP contribution in [0, 0.1) is 11.6 Å². The number of hydrogen-bond donors (Lipinski definition) is 1. The van der Waals surface area contributed by atoms with Crippen LogP contribution >= 0.6 is 0 Å². The van der Waals surface area contributed by atoms with Crippen molar-refractivity contribution in [2.45, 2.75) is 13.0 Å². The van der Waals surface area contributed by atoms with Crippen LogP contribution < -0.4 is 5.32 Å². The number of rotatable bonds is 5. The van der Waals surface area contributed by atoms with E-state index in [1.54, 1.807) is 12.1 Å². The third-order valence-corrected chi connectivity index (χ3v) is 3.58. The van der Waals surface area contributed by atoms with Crippen LogP contribution in [0.1, 0.15) is 17.3 Å². The van der Waals surface area contributed by atoms with Gasteiger partial charge >= 0.3 is 5.97 Å². The molecule has 27 heavy (non-hydrogen) atoms. The number of benzene rings is 2. The van der Waals surface area contributed by atoms with E-state index >= 15 is 0 Å². The Morgan fingerprint density at radius 2 is 1.78 bits per heavy atom. The second kappa shape index (κ2) is 7.68. The molecular weight excluding hydrogens is 360 g/mol. The lowest BCUT2D eigenvalue weighted by atomic mass is 10.2. The Kier molecular flexibility index (Phi) is 5.15. The third kappa shape index (κ3) is 4.11. The van der Waals surface area contributed by atoms with E-state index in [4.69, 9.17) is 4.74 Å². The third-order valence-electron chi connectivity index (χ3n) is 3.58. The van der Waals surface area contributed by atoms with E-state index in [2.05, 4.69) is 20.8 Å². The molecule has 0 aliphatic heterocycles. The molecule has 0 saturated heterocycles. The summed E-state index contributed by atoms with van der Waals surface area (Å²) in [5.41, 5.74) is 0.206. The number of nitrogens with zero attached hydrogens (tertiary/aromatic N) is 4. The zero-order valence-electron chi connectivity index (χ0n) is 14.0. The van der Waals surface area contributed by atoms with Gasteiger partial charge in [-0.25, -0.2) is 18.3 Å². The van der Waals surface area contributed by atoms with Crippen molar-refractivity contribution in [2.24, 2.45) is 0 Å². The summed E-state index contributed by atoms with van der Waals surface area (Å²) < 4.78 is 33.6. The molecule has 1 aromatic heterocycles. The van der Waals surface area contributed by atoms with Crippen LogP contribution in [0.15, 0.2) is 48.8 Å². The lowest BCUT2D eigenvalue weighted by molar-refractivity contribution is -0.123. The second-order valence-electron chi connectivity index (χ2n) is 5.43. The van der Waals surface area contributed by atoms with Gasteiger partial charge in [-0.3, -0.25) is 4.79 Å². The number of amides is 1. The SMILES string of the molecule is C[C@@H](OC(=O)c1ccc(-n2cnnn2)cc1)C(=O)Nc1c(F)cccc1F. The number of carbonyl (C=O) groups is 2. The number of halogens is 2. The van der Waals surface area contributed by atoms with E-state index in [-0.39, 0.29) is 5.56 Å². The zero-order chi connectivity index (χ0) is 19.4. The Labute approximate surface area is 151 Å². The van der Waals surface area contributed by atoms with Crippen molar-refractivity contribution < 1.29 is 23.1 Å². The fourth-order valence-electron chi connectivity index (χ4n) is 2.15. The van der Waals surface area contributed by atoms with Crippen LogP contribution in [0.4, 0.5) is 14.5 Å². The Bertz CT molecular complexity index is 941. The van der Waals surface area contributed by atoms with E-state index in [9.17, 15) is 18.4 Å². The standard InChI is InChI=1S/C17H13F2N5O3/c1-10(16(25)21-15-13(18)3-2-4-14(15)19)27-17(26)11-5-7-12(8-6-11)24-9-20-22-23-24/h2-10H,1H3,(H,21,25)/t10-/m1/s1. The van der Waals surface area contributed by atoms with Gasteiger partial charge in [0.2, 0.25) is 0 Å². The molecule has 1 atom stereocenters. The minimum Gasteiger partial charge on any atom is -0.449 e. The number of nitrogens with one attached hydrogen (secondary N) is 1. The van der Waals surface area contributed by atoms with Gasteiger partial charge < -0.3 is 10.1 Å². The fraction of sp³-hybridized carbons (Fsp3) is 0.118. The number of hydrogen-bond acceptors (Lipinski definition) is 6. The summed E-state index contributed by atoms with van der Waals surface area (Å²) in [5, 5.41) is 12.8. The molecule has 0 radical (unpaired) electrons. The number of aromatic nitrogens is 4. The lowest BCUT2D eigenvalue weighted by Gasteiger charge is -2.14. The predicted octanol–water partition coefficient (Wildman–Crippen LogP) is 2.12. The smallest absolute Gasteiger partial charge is 0.338 e. The summed E-state index contributed by atoms with van der Waals surface area (Å²) in [7, 11) is 0. The van der Waals surface area contributed by atoms with Gasteiger partial charge in [-0.1, -0.05) is 6.07 Å². The molecule has 0 aliphatic rings. The fourth-order valence-corrected chi connectivity index (χ4v) is 2.15. The summed E-state index contributed by atoms with van der Waals surface area (Å²) in [6.45, 7) is 1.29. The van der Waals surface area contributed by atoms with Crippen LogP contribution in [0.2, 0.25) is 0 Å². The Balaban J connectivity index is 1.64. The van der Waals surface area contributed by atoms with Gasteiger partial charge in [0.1, 0.15) is 23.6 Å². The monoisotopic (exact) mass is 373 g/mol. The van der Waals surface area contributed by atoms with Crippen LogP contribution in [-0.2, 0) is 9.53 Å². The highest BCUT2D eigenvalue weighted by atomic mass is 19.1. The molecule has 2 aromatic carbocycles. The number of para-hydroxylation sites is 1. The number of ether oxygens (including phenoxy) is 1. The number of carbonyl (C=O) groups excluding carboxylic acids is 2. The highest BCUT2D eigenvalue weighted by Gasteiger charge is 2.21. The molecule has 0 unspecified atom stereocenters. The summed E-state index contributed by atoms with van der Waals surface area (Å²) in [5.74, 6) is -3.49. The van der Waals surface area contributed by atoms with Crippen LogP contribution in [0.3, 0.4) is 0 Å². The van der Waals surface area contributed by atoms with Gasteiger partial charge in [0.25, 0.3) is 5.91 Å². The van der Waals surface area contributed by atoms with E-state index in [0.717, 1.165) is 12.1 Å². The van der Waals surface area contributed by atoms with Crippen molar-refractivity contribution in [3.05, 3.63) is 66.0 Å². The zero-order valence-corrected chi connectivity index (χ0v) is 14.0. The van der Waals surface area contributed by atoms with Crippen molar-refractivity contribution in [2.75, 3.05) is 5.32 Å². The molecule has 0 bridgehead atoms. The van der Waals surface area contributed by atoms with Crippen LogP contribution in [0.5, 0.6) is 0 Å². The van der Waals surface area contributed by atoms with Crippen LogP contribution in [0.25, 0.3) is 5.69 Å². The normalized spacial score (nSPS) is 11.7. The molecule has 1 amide bonds. The summed E-state index contributed by atoms with van der Waals surface area (Å²) in [6.07, 6.45) is 0.123. The average Bonchev–Trinajstić information content (AvgIpc) is 3.19. The lowest BCUT2D eigenvalue weighted by Crippen LogP contribution is -2.30. The first-order valence-corrected chi connectivity index (χ1v) is 7.75. The maximum Gasteiger partial charge on any atom is 0.338 e. The maximum absolute atomic E-state index is 13.6. The number of tetrazole rings is 1. The summed E-state index contributed by atoms with van der Waals surface area (Å²) in [6, 6.07) is 9.30. The molecular formula is C17H13F2N5O3. The topological polar surface area (TPSA) is 99.0 Å². The van der Waals surface area contributed by atoms with E-state index < -0.39 is 35.3 Å². The molecule has 10 heteroatoms. The van der Waals surface area contributed by atoms with E-state index in [1.807, 2.05) is 0 Å². The molecule has 8 nitrogen and oxygen atoms in total. The average molecular weight is 373 g/mol. The first-order chi connectivity index (χ1) is 13.0. The van der Waals surface area contributed by atoms with Gasteiger partial charge in [-0.15, -0.1) is 5.10 Å². The molecule has 0 aliphatic carbocycles. The first-order valence-electron chi connectivity index (χ1n) is 7.75. The van der Waals surface area contributed by atoms with Crippen molar-refractivity contribution in [1.82, 2.24) is 20.2 Å².